The SMILES string of the molecule is CC1CN(C)C(C)CC1=NOCC(O)CNC(C)(C)C. The molecule has 0 spiro atoms. The van der Waals surface area contributed by atoms with Crippen LogP contribution in [0.25, 0.3) is 0 Å². The van der Waals surface area contributed by atoms with Crippen molar-refractivity contribution in [2.75, 3.05) is 26.7 Å². The summed E-state index contributed by atoms with van der Waals surface area (Å²) < 4.78 is 0. The van der Waals surface area contributed by atoms with Crippen molar-refractivity contribution in [2.45, 2.75) is 58.7 Å². The van der Waals surface area contributed by atoms with Gasteiger partial charge in [0.15, 0.2) is 0 Å². The van der Waals surface area contributed by atoms with Crippen LogP contribution in [0.5, 0.6) is 0 Å². The monoisotopic (exact) mass is 285 g/mol. The average Bonchev–Trinajstić information content (AvgIpc) is 2.32. The minimum absolute atomic E-state index is 0.00474. The fourth-order valence-corrected chi connectivity index (χ4v) is 2.19. The zero-order chi connectivity index (χ0) is 15.3. The van der Waals surface area contributed by atoms with Gasteiger partial charge in [0.2, 0.25) is 0 Å². The van der Waals surface area contributed by atoms with Crippen LogP contribution in [0.1, 0.15) is 41.0 Å². The molecule has 0 saturated carbocycles. The van der Waals surface area contributed by atoms with Gasteiger partial charge >= 0.3 is 0 Å². The Morgan fingerprint density at radius 1 is 1.45 bits per heavy atom. The van der Waals surface area contributed by atoms with E-state index in [0.29, 0.717) is 18.5 Å². The molecule has 118 valence electrons. The molecule has 0 aromatic carbocycles. The lowest BCUT2D eigenvalue weighted by molar-refractivity contribution is 0.0354. The van der Waals surface area contributed by atoms with E-state index >= 15 is 0 Å². The van der Waals surface area contributed by atoms with Gasteiger partial charge in [-0.25, -0.2) is 0 Å². The fraction of sp³-hybridized carbons (Fsp3) is 0.933. The second-order valence-electron chi connectivity index (χ2n) is 7.06. The van der Waals surface area contributed by atoms with Crippen molar-refractivity contribution in [3.05, 3.63) is 0 Å². The van der Waals surface area contributed by atoms with Crippen LogP contribution in [0.15, 0.2) is 5.16 Å². The molecule has 2 N–H and O–H groups in total. The van der Waals surface area contributed by atoms with Crippen molar-refractivity contribution in [3.63, 3.8) is 0 Å². The van der Waals surface area contributed by atoms with Crippen LogP contribution < -0.4 is 5.32 Å². The summed E-state index contributed by atoms with van der Waals surface area (Å²) in [6.45, 7) is 12.4. The van der Waals surface area contributed by atoms with E-state index in [2.05, 4.69) is 57.0 Å². The molecule has 20 heavy (non-hydrogen) atoms. The number of nitrogens with one attached hydrogen (secondary N) is 1. The molecule has 0 aliphatic carbocycles. The summed E-state index contributed by atoms with van der Waals surface area (Å²) in [6.07, 6.45) is 0.408. The van der Waals surface area contributed by atoms with Gasteiger partial charge in [-0.1, -0.05) is 12.1 Å². The van der Waals surface area contributed by atoms with Gasteiger partial charge in [-0.2, -0.15) is 0 Å². The van der Waals surface area contributed by atoms with E-state index in [0.717, 1.165) is 18.7 Å². The Labute approximate surface area is 123 Å². The van der Waals surface area contributed by atoms with Crippen molar-refractivity contribution in [3.8, 4) is 0 Å². The molecule has 0 aromatic rings. The molecule has 5 nitrogen and oxygen atoms in total. The maximum atomic E-state index is 9.84. The minimum Gasteiger partial charge on any atom is -0.393 e. The van der Waals surface area contributed by atoms with Crippen molar-refractivity contribution in [2.24, 2.45) is 11.1 Å². The number of aliphatic hydroxyl groups is 1. The average molecular weight is 285 g/mol. The highest BCUT2D eigenvalue weighted by molar-refractivity contribution is 5.87. The predicted molar refractivity (Wildman–Crippen MR) is 83.0 cm³/mol. The van der Waals surface area contributed by atoms with Crippen LogP contribution in [0.2, 0.25) is 0 Å². The van der Waals surface area contributed by atoms with E-state index in [9.17, 15) is 5.11 Å². The second kappa shape index (κ2) is 7.38. The highest BCUT2D eigenvalue weighted by atomic mass is 16.6. The molecular weight excluding hydrogens is 254 g/mol. The number of likely N-dealkylation sites (tertiary alicyclic amines) is 1. The summed E-state index contributed by atoms with van der Waals surface area (Å²) in [5.41, 5.74) is 1.11. The zero-order valence-corrected chi connectivity index (χ0v) is 13.8. The molecule has 1 aliphatic heterocycles. The third-order valence-corrected chi connectivity index (χ3v) is 3.70. The topological polar surface area (TPSA) is 57.1 Å². The van der Waals surface area contributed by atoms with E-state index in [1.807, 2.05) is 0 Å². The molecule has 3 unspecified atom stereocenters. The summed E-state index contributed by atoms with van der Waals surface area (Å²) in [5.74, 6) is 0.418. The molecule has 0 bridgehead atoms. The van der Waals surface area contributed by atoms with Gasteiger partial charge in [0.05, 0.1) is 5.71 Å². The summed E-state index contributed by atoms with van der Waals surface area (Å²) >= 11 is 0. The number of rotatable bonds is 5. The number of nitrogens with zero attached hydrogens (tertiary/aromatic N) is 2. The van der Waals surface area contributed by atoms with Crippen LogP contribution in [-0.4, -0.2) is 60.1 Å². The van der Waals surface area contributed by atoms with Crippen molar-refractivity contribution >= 4 is 5.71 Å². The normalized spacial score (nSPS) is 28.6. The van der Waals surface area contributed by atoms with Crippen LogP contribution in [0.4, 0.5) is 0 Å². The summed E-state index contributed by atoms with van der Waals surface area (Å²) in [4.78, 5) is 7.67. The van der Waals surface area contributed by atoms with Crippen molar-refractivity contribution in [1.29, 1.82) is 0 Å². The summed E-state index contributed by atoms with van der Waals surface area (Å²) in [5, 5.41) is 17.3. The lowest BCUT2D eigenvalue weighted by atomic mass is 9.93. The molecule has 5 heteroatoms. The van der Waals surface area contributed by atoms with Crippen LogP contribution in [0, 0.1) is 5.92 Å². The maximum Gasteiger partial charge on any atom is 0.144 e. The standard InChI is InChI=1S/C15H31N3O2/c1-11-9-18(6)12(2)7-14(11)17-20-10-13(19)8-16-15(3,4)5/h11-13,16,19H,7-10H2,1-6H3. The molecule has 1 heterocycles. The Bertz CT molecular complexity index is 326. The lowest BCUT2D eigenvalue weighted by Gasteiger charge is -2.34. The third-order valence-electron chi connectivity index (χ3n) is 3.70. The highest BCUT2D eigenvalue weighted by Gasteiger charge is 2.25. The molecule has 0 aromatic heterocycles. The second-order valence-corrected chi connectivity index (χ2v) is 7.06. The number of oxime groups is 1. The van der Waals surface area contributed by atoms with Gasteiger partial charge in [0.1, 0.15) is 12.7 Å². The number of β-amino-alcohol motifs (C(OH)–C–C–N with tert-alkyl or cyclic N) is 1. The fourth-order valence-electron chi connectivity index (χ4n) is 2.19. The molecule has 1 fully saturated rings. The van der Waals surface area contributed by atoms with E-state index in [-0.39, 0.29) is 12.1 Å². The van der Waals surface area contributed by atoms with Gasteiger partial charge < -0.3 is 20.2 Å². The van der Waals surface area contributed by atoms with Crippen molar-refractivity contribution in [1.82, 2.24) is 10.2 Å². The molecule has 0 radical (unpaired) electrons. The summed E-state index contributed by atoms with van der Waals surface area (Å²) in [7, 11) is 2.14. The molecule has 1 rings (SSSR count). The van der Waals surface area contributed by atoms with Crippen LogP contribution in [-0.2, 0) is 4.84 Å². The van der Waals surface area contributed by atoms with Crippen LogP contribution >= 0.6 is 0 Å². The van der Waals surface area contributed by atoms with Gasteiger partial charge in [-0.05, 0) is 34.7 Å². The molecule has 3 atom stereocenters. The molecule has 1 aliphatic rings. The first kappa shape index (κ1) is 17.4. The molecule has 0 amide bonds. The Morgan fingerprint density at radius 2 is 2.10 bits per heavy atom. The molecule has 1 saturated heterocycles. The first-order valence-electron chi connectivity index (χ1n) is 7.51. The van der Waals surface area contributed by atoms with Gasteiger partial charge in [0, 0.05) is 37.0 Å². The van der Waals surface area contributed by atoms with E-state index in [4.69, 9.17) is 4.84 Å². The van der Waals surface area contributed by atoms with Gasteiger partial charge in [-0.15, -0.1) is 0 Å². The largest absolute Gasteiger partial charge is 0.393 e. The number of piperidine rings is 1. The number of hydrogen-bond acceptors (Lipinski definition) is 5. The number of aliphatic hydroxyl groups excluding tert-OH is 1. The first-order valence-corrected chi connectivity index (χ1v) is 7.51. The minimum atomic E-state index is -0.530. The quantitative estimate of drug-likeness (QED) is 0.751. The highest BCUT2D eigenvalue weighted by Crippen LogP contribution is 2.18. The lowest BCUT2D eigenvalue weighted by Crippen LogP contribution is -2.43. The Hall–Kier alpha value is -0.650. The number of hydrogen-bond donors (Lipinski definition) is 2. The zero-order valence-electron chi connectivity index (χ0n) is 13.8. The Morgan fingerprint density at radius 3 is 2.70 bits per heavy atom. The van der Waals surface area contributed by atoms with Gasteiger partial charge in [0.25, 0.3) is 0 Å². The molecular formula is C15H31N3O2. The van der Waals surface area contributed by atoms with E-state index in [1.165, 1.54) is 0 Å². The van der Waals surface area contributed by atoms with E-state index < -0.39 is 6.10 Å². The van der Waals surface area contributed by atoms with Gasteiger partial charge in [-0.3, -0.25) is 0 Å². The summed E-state index contributed by atoms with van der Waals surface area (Å²) in [6, 6.07) is 0.501. The Balaban J connectivity index is 2.33. The van der Waals surface area contributed by atoms with E-state index in [1.54, 1.807) is 0 Å². The van der Waals surface area contributed by atoms with Crippen LogP contribution in [0.3, 0.4) is 0 Å². The van der Waals surface area contributed by atoms with Crippen molar-refractivity contribution < 1.29 is 9.94 Å². The smallest absolute Gasteiger partial charge is 0.144 e. The Kier molecular flexibility index (Phi) is 6.43. The predicted octanol–water partition coefficient (Wildman–Crippen LogP) is 1.47. The maximum absolute atomic E-state index is 9.84. The first-order chi connectivity index (χ1) is 9.19. The third kappa shape index (κ3) is 6.20.